The van der Waals surface area contributed by atoms with Gasteiger partial charge in [-0.15, -0.1) is 0 Å². The second-order valence-electron chi connectivity index (χ2n) is 5.94. The van der Waals surface area contributed by atoms with Crippen LogP contribution >= 0.6 is 0 Å². The van der Waals surface area contributed by atoms with E-state index in [2.05, 4.69) is 10.1 Å². The zero-order valence-corrected chi connectivity index (χ0v) is 14.3. The Morgan fingerprint density at radius 3 is 2.29 bits per heavy atom. The Bertz CT molecular complexity index is 402. The van der Waals surface area contributed by atoms with Crippen LogP contribution < -0.4 is 5.32 Å². The van der Waals surface area contributed by atoms with Gasteiger partial charge in [0, 0.05) is 22.6 Å². The fraction of sp³-hybridized carbons (Fsp3) is 0.867. The van der Waals surface area contributed by atoms with Crippen molar-refractivity contribution in [2.24, 2.45) is 5.41 Å². The van der Waals surface area contributed by atoms with E-state index in [0.717, 1.165) is 25.7 Å². The van der Waals surface area contributed by atoms with Crippen LogP contribution in [0.1, 0.15) is 52.9 Å². The molecule has 1 fully saturated rings. The van der Waals surface area contributed by atoms with Gasteiger partial charge in [0.15, 0.2) is 0 Å². The number of carbonyl (C=O) groups excluding carboxylic acids is 2. The number of carbonyl (C=O) groups is 2. The number of esters is 1. The van der Waals surface area contributed by atoms with Crippen molar-refractivity contribution in [1.82, 2.24) is 5.32 Å². The molecule has 2 unspecified atom stereocenters. The van der Waals surface area contributed by atoms with E-state index in [1.54, 1.807) is 6.92 Å². The summed E-state index contributed by atoms with van der Waals surface area (Å²) in [6.45, 7) is 5.74. The molecule has 0 aromatic heterocycles. The maximum absolute atomic E-state index is 12.4. The minimum absolute atomic E-state index is 0.141. The van der Waals surface area contributed by atoms with Crippen LogP contribution in [0.25, 0.3) is 0 Å². The molecular formula is C15H27NO4S. The summed E-state index contributed by atoms with van der Waals surface area (Å²) in [5.74, 6) is -0.0193. The third-order valence-corrected chi connectivity index (χ3v) is 6.15. The minimum Gasteiger partial charge on any atom is -0.469 e. The van der Waals surface area contributed by atoms with Gasteiger partial charge in [-0.25, -0.2) is 0 Å². The molecule has 1 N–H and O–H groups in total. The van der Waals surface area contributed by atoms with E-state index in [-0.39, 0.29) is 23.3 Å². The standard InChI is InChI=1S/C15H27NO4S/c1-5-12(6-2)16-14(18)11(3)21(19)10-15(7-8-15)9-13(17)20-4/h11-12H,5-10H2,1-4H3,(H,16,18). The molecule has 1 aliphatic carbocycles. The van der Waals surface area contributed by atoms with E-state index in [4.69, 9.17) is 0 Å². The van der Waals surface area contributed by atoms with Gasteiger partial charge in [0.25, 0.3) is 0 Å². The maximum Gasteiger partial charge on any atom is 0.306 e. The molecule has 6 heteroatoms. The monoisotopic (exact) mass is 317 g/mol. The molecule has 0 aromatic rings. The van der Waals surface area contributed by atoms with Gasteiger partial charge in [-0.2, -0.15) is 0 Å². The molecule has 21 heavy (non-hydrogen) atoms. The van der Waals surface area contributed by atoms with Gasteiger partial charge in [0.1, 0.15) is 5.25 Å². The lowest BCUT2D eigenvalue weighted by Gasteiger charge is -2.20. The summed E-state index contributed by atoms with van der Waals surface area (Å²) in [6, 6.07) is 0.141. The summed E-state index contributed by atoms with van der Waals surface area (Å²) < 4.78 is 17.0. The first-order chi connectivity index (χ1) is 9.87. The summed E-state index contributed by atoms with van der Waals surface area (Å²) in [5.41, 5.74) is -0.207. The van der Waals surface area contributed by atoms with Crippen LogP contribution in [-0.4, -0.2) is 40.2 Å². The molecule has 1 aliphatic rings. The summed E-state index contributed by atoms with van der Waals surface area (Å²) in [4.78, 5) is 23.5. The number of amides is 1. The molecule has 2 atom stereocenters. The Kier molecular flexibility index (Phi) is 6.84. The van der Waals surface area contributed by atoms with Gasteiger partial charge >= 0.3 is 5.97 Å². The van der Waals surface area contributed by atoms with Crippen LogP contribution in [0.4, 0.5) is 0 Å². The van der Waals surface area contributed by atoms with Gasteiger partial charge in [0.2, 0.25) is 5.91 Å². The Balaban J connectivity index is 2.51. The van der Waals surface area contributed by atoms with E-state index in [9.17, 15) is 13.8 Å². The van der Waals surface area contributed by atoms with Crippen molar-refractivity contribution in [3.8, 4) is 0 Å². The van der Waals surface area contributed by atoms with Gasteiger partial charge < -0.3 is 10.1 Å². The predicted octanol–water partition coefficient (Wildman–Crippen LogP) is 1.77. The highest BCUT2D eigenvalue weighted by Crippen LogP contribution is 2.49. The third kappa shape index (κ3) is 5.41. The van der Waals surface area contributed by atoms with Crippen LogP contribution in [0.5, 0.6) is 0 Å². The Hall–Kier alpha value is -0.910. The molecule has 0 aliphatic heterocycles. The molecule has 5 nitrogen and oxygen atoms in total. The largest absolute Gasteiger partial charge is 0.469 e. The second-order valence-corrected chi connectivity index (χ2v) is 7.70. The van der Waals surface area contributed by atoms with E-state index >= 15 is 0 Å². The lowest BCUT2D eigenvalue weighted by atomic mass is 10.1. The lowest BCUT2D eigenvalue weighted by Crippen LogP contribution is -2.42. The smallest absolute Gasteiger partial charge is 0.306 e. The van der Waals surface area contributed by atoms with Crippen LogP contribution in [0.2, 0.25) is 0 Å². The number of rotatable bonds is 9. The highest BCUT2D eigenvalue weighted by molar-refractivity contribution is 7.86. The van der Waals surface area contributed by atoms with E-state index in [0.29, 0.717) is 12.2 Å². The van der Waals surface area contributed by atoms with E-state index in [1.807, 2.05) is 13.8 Å². The minimum atomic E-state index is -1.26. The third-order valence-electron chi connectivity index (χ3n) is 4.25. The molecule has 122 valence electrons. The molecule has 1 amide bonds. The van der Waals surface area contributed by atoms with E-state index < -0.39 is 16.0 Å². The zero-order valence-electron chi connectivity index (χ0n) is 13.4. The van der Waals surface area contributed by atoms with Crippen molar-refractivity contribution in [2.45, 2.75) is 64.2 Å². The van der Waals surface area contributed by atoms with E-state index in [1.165, 1.54) is 7.11 Å². The first-order valence-corrected chi connectivity index (χ1v) is 9.00. The Morgan fingerprint density at radius 2 is 1.86 bits per heavy atom. The van der Waals surface area contributed by atoms with Crippen molar-refractivity contribution in [3.05, 3.63) is 0 Å². The second kappa shape index (κ2) is 7.92. The maximum atomic E-state index is 12.4. The number of hydrogen-bond acceptors (Lipinski definition) is 4. The summed E-state index contributed by atoms with van der Waals surface area (Å²) >= 11 is 0. The first kappa shape index (κ1) is 18.1. The van der Waals surface area contributed by atoms with Gasteiger partial charge in [-0.05, 0) is 38.0 Å². The molecule has 0 radical (unpaired) electrons. The number of methoxy groups -OCH3 is 1. The van der Waals surface area contributed by atoms with Gasteiger partial charge in [0.05, 0.1) is 13.5 Å². The topological polar surface area (TPSA) is 72.5 Å². The van der Waals surface area contributed by atoms with Crippen molar-refractivity contribution >= 4 is 22.7 Å². The molecule has 0 bridgehead atoms. The summed E-state index contributed by atoms with van der Waals surface area (Å²) in [5, 5.41) is 2.39. The van der Waals surface area contributed by atoms with Gasteiger partial charge in [-0.3, -0.25) is 13.8 Å². The summed E-state index contributed by atoms with van der Waals surface area (Å²) in [6.07, 6.45) is 3.81. The molecule has 1 rings (SSSR count). The number of hydrogen-bond donors (Lipinski definition) is 1. The fourth-order valence-corrected chi connectivity index (χ4v) is 3.84. The normalized spacial score (nSPS) is 18.9. The Labute approximate surface area is 129 Å². The molecule has 1 saturated carbocycles. The number of ether oxygens (including phenoxy) is 1. The quantitative estimate of drug-likeness (QED) is 0.658. The molecule has 0 saturated heterocycles. The molecule has 0 spiro atoms. The number of nitrogens with one attached hydrogen (secondary N) is 1. The van der Waals surface area contributed by atoms with Crippen LogP contribution in [-0.2, 0) is 25.1 Å². The van der Waals surface area contributed by atoms with Crippen LogP contribution in [0, 0.1) is 5.41 Å². The first-order valence-electron chi connectivity index (χ1n) is 7.61. The van der Waals surface area contributed by atoms with Gasteiger partial charge in [-0.1, -0.05) is 13.8 Å². The van der Waals surface area contributed by atoms with Crippen molar-refractivity contribution in [1.29, 1.82) is 0 Å². The highest BCUT2D eigenvalue weighted by Gasteiger charge is 2.47. The van der Waals surface area contributed by atoms with Crippen molar-refractivity contribution in [2.75, 3.05) is 12.9 Å². The fourth-order valence-electron chi connectivity index (χ4n) is 2.28. The average molecular weight is 317 g/mol. The average Bonchev–Trinajstić information content (AvgIpc) is 3.22. The van der Waals surface area contributed by atoms with Crippen molar-refractivity contribution in [3.63, 3.8) is 0 Å². The highest BCUT2D eigenvalue weighted by atomic mass is 32.2. The zero-order chi connectivity index (χ0) is 16.0. The molecular weight excluding hydrogens is 290 g/mol. The Morgan fingerprint density at radius 1 is 1.29 bits per heavy atom. The van der Waals surface area contributed by atoms with Crippen molar-refractivity contribution < 1.29 is 18.5 Å². The predicted molar refractivity (Wildman–Crippen MR) is 83.3 cm³/mol. The molecule has 0 aromatic carbocycles. The van der Waals surface area contributed by atoms with Crippen LogP contribution in [0.15, 0.2) is 0 Å². The van der Waals surface area contributed by atoms with Crippen LogP contribution in [0.3, 0.4) is 0 Å². The molecule has 0 heterocycles. The lowest BCUT2D eigenvalue weighted by molar-refractivity contribution is -0.141. The summed E-state index contributed by atoms with van der Waals surface area (Å²) in [7, 11) is 0.102. The SMILES string of the molecule is CCC(CC)NC(=O)C(C)S(=O)CC1(CC(=O)OC)CC1.